The summed E-state index contributed by atoms with van der Waals surface area (Å²) in [5.41, 5.74) is 0.540. The maximum absolute atomic E-state index is 12.8. The molecule has 2 heterocycles. The van der Waals surface area contributed by atoms with Gasteiger partial charge in [0.25, 0.3) is 0 Å². The summed E-state index contributed by atoms with van der Waals surface area (Å²) in [4.78, 5) is 9.51. The Balaban J connectivity index is 1.85. The van der Waals surface area contributed by atoms with Crippen LogP contribution in [0.1, 0.15) is 29.3 Å². The van der Waals surface area contributed by atoms with E-state index in [1.54, 1.807) is 19.2 Å². The average molecular weight is 401 g/mol. The highest BCUT2D eigenvalue weighted by Gasteiger charge is 2.30. The Kier molecular flexibility index (Phi) is 4.49. The van der Waals surface area contributed by atoms with Crippen LogP contribution in [0.25, 0.3) is 0 Å². The number of oxime groups is 1. The normalized spacial score (nSPS) is 17.4. The summed E-state index contributed by atoms with van der Waals surface area (Å²) >= 11 is 3.25. The van der Waals surface area contributed by atoms with Crippen LogP contribution in [-0.2, 0) is 11.0 Å². The molecule has 126 valence electrons. The summed E-state index contributed by atoms with van der Waals surface area (Å²) in [6.07, 6.45) is -2.63. The SMILES string of the molecule is Cc1cnc([C@@H]2CC(Br)=NO2)cc1Oc1cccc(C(F)(F)F)c1. The Morgan fingerprint density at radius 3 is 2.75 bits per heavy atom. The van der Waals surface area contributed by atoms with Gasteiger partial charge >= 0.3 is 6.18 Å². The number of rotatable bonds is 3. The van der Waals surface area contributed by atoms with Gasteiger partial charge in [0.1, 0.15) is 16.1 Å². The Hall–Kier alpha value is -2.09. The second-order valence-electron chi connectivity index (χ2n) is 5.27. The number of ether oxygens (including phenoxy) is 1. The van der Waals surface area contributed by atoms with E-state index in [2.05, 4.69) is 26.1 Å². The molecule has 0 radical (unpaired) electrons. The minimum atomic E-state index is -4.42. The van der Waals surface area contributed by atoms with Crippen molar-refractivity contribution in [1.82, 2.24) is 4.98 Å². The maximum atomic E-state index is 12.8. The fourth-order valence-corrected chi connectivity index (χ4v) is 2.55. The molecule has 0 N–H and O–H groups in total. The highest BCUT2D eigenvalue weighted by Crippen LogP contribution is 2.35. The summed E-state index contributed by atoms with van der Waals surface area (Å²) in [5, 5.41) is 3.80. The average Bonchev–Trinajstić information content (AvgIpc) is 2.95. The second kappa shape index (κ2) is 6.43. The molecule has 0 aliphatic carbocycles. The smallest absolute Gasteiger partial charge is 0.416 e. The van der Waals surface area contributed by atoms with Gasteiger partial charge in [0.2, 0.25) is 0 Å². The highest BCUT2D eigenvalue weighted by atomic mass is 79.9. The summed E-state index contributed by atoms with van der Waals surface area (Å²) < 4.78 is 44.7. The van der Waals surface area contributed by atoms with Gasteiger partial charge in [0.15, 0.2) is 6.10 Å². The monoisotopic (exact) mass is 400 g/mol. The van der Waals surface area contributed by atoms with Crippen molar-refractivity contribution >= 4 is 20.6 Å². The van der Waals surface area contributed by atoms with E-state index >= 15 is 0 Å². The number of aromatic nitrogens is 1. The van der Waals surface area contributed by atoms with Crippen molar-refractivity contribution in [3.63, 3.8) is 0 Å². The lowest BCUT2D eigenvalue weighted by atomic mass is 10.1. The van der Waals surface area contributed by atoms with E-state index in [4.69, 9.17) is 9.57 Å². The van der Waals surface area contributed by atoms with Crippen molar-refractivity contribution in [3.8, 4) is 11.5 Å². The topological polar surface area (TPSA) is 43.7 Å². The van der Waals surface area contributed by atoms with Crippen LogP contribution in [0.2, 0.25) is 0 Å². The summed E-state index contributed by atoms with van der Waals surface area (Å²) in [7, 11) is 0. The zero-order valence-electron chi connectivity index (χ0n) is 12.5. The van der Waals surface area contributed by atoms with Gasteiger partial charge in [-0.05, 0) is 41.1 Å². The Morgan fingerprint density at radius 2 is 2.08 bits per heavy atom. The third-order valence-electron chi connectivity index (χ3n) is 3.43. The van der Waals surface area contributed by atoms with E-state index in [9.17, 15) is 13.2 Å². The molecule has 0 saturated heterocycles. The van der Waals surface area contributed by atoms with E-state index in [-0.39, 0.29) is 11.9 Å². The van der Waals surface area contributed by atoms with Crippen molar-refractivity contribution in [2.24, 2.45) is 5.16 Å². The van der Waals surface area contributed by atoms with Crippen LogP contribution in [0.5, 0.6) is 11.5 Å². The number of hydrogen-bond donors (Lipinski definition) is 0. The van der Waals surface area contributed by atoms with Gasteiger partial charge in [0.05, 0.1) is 11.3 Å². The van der Waals surface area contributed by atoms with Gasteiger partial charge in [-0.2, -0.15) is 13.2 Å². The molecule has 1 aromatic heterocycles. The predicted octanol–water partition coefficient (Wildman–Crippen LogP) is 5.37. The van der Waals surface area contributed by atoms with Crippen LogP contribution in [0.4, 0.5) is 13.2 Å². The Labute approximate surface area is 144 Å². The minimum Gasteiger partial charge on any atom is -0.457 e. The molecule has 0 bridgehead atoms. The van der Waals surface area contributed by atoms with Crippen LogP contribution in [0.15, 0.2) is 41.7 Å². The van der Waals surface area contributed by atoms with Crippen molar-refractivity contribution in [1.29, 1.82) is 0 Å². The molecule has 3 rings (SSSR count). The van der Waals surface area contributed by atoms with E-state index in [1.165, 1.54) is 12.1 Å². The van der Waals surface area contributed by atoms with E-state index < -0.39 is 11.7 Å². The molecular weight excluding hydrogens is 389 g/mol. The largest absolute Gasteiger partial charge is 0.457 e. The summed E-state index contributed by atoms with van der Waals surface area (Å²) in [6.45, 7) is 1.77. The van der Waals surface area contributed by atoms with Crippen LogP contribution < -0.4 is 4.74 Å². The third-order valence-corrected chi connectivity index (χ3v) is 3.90. The van der Waals surface area contributed by atoms with Crippen LogP contribution in [0, 0.1) is 6.92 Å². The summed E-state index contributed by atoms with van der Waals surface area (Å²) in [5.74, 6) is 0.529. The molecule has 0 spiro atoms. The van der Waals surface area contributed by atoms with Crippen LogP contribution in [0.3, 0.4) is 0 Å². The molecule has 0 amide bonds. The number of benzene rings is 1. The molecule has 1 atom stereocenters. The standard InChI is InChI=1S/C16H12BrF3N2O2/c1-9-8-21-12(14-7-15(17)22-24-14)6-13(9)23-11-4-2-3-10(5-11)16(18,19)20/h2-6,8,14H,7H2,1H3/t14-/m0/s1. The van der Waals surface area contributed by atoms with Gasteiger partial charge in [0, 0.05) is 24.2 Å². The first-order chi connectivity index (χ1) is 11.3. The quantitative estimate of drug-likeness (QED) is 0.695. The molecular formula is C16H12BrF3N2O2. The minimum absolute atomic E-state index is 0.106. The van der Waals surface area contributed by atoms with Gasteiger partial charge in [-0.25, -0.2) is 0 Å². The van der Waals surface area contributed by atoms with Crippen LogP contribution in [-0.4, -0.2) is 9.60 Å². The van der Waals surface area contributed by atoms with Gasteiger partial charge < -0.3 is 9.57 Å². The highest BCUT2D eigenvalue weighted by molar-refractivity contribution is 9.18. The molecule has 2 aromatic rings. The molecule has 1 aromatic carbocycles. The van der Waals surface area contributed by atoms with E-state index in [0.29, 0.717) is 28.0 Å². The van der Waals surface area contributed by atoms with Gasteiger partial charge in [-0.15, -0.1) is 0 Å². The number of aryl methyl sites for hydroxylation is 1. The van der Waals surface area contributed by atoms with Crippen molar-refractivity contribution in [2.45, 2.75) is 25.6 Å². The first kappa shape index (κ1) is 16.8. The number of alkyl halides is 3. The Bertz CT molecular complexity index is 793. The lowest BCUT2D eigenvalue weighted by Gasteiger charge is -2.14. The van der Waals surface area contributed by atoms with Gasteiger partial charge in [-0.3, -0.25) is 4.98 Å². The lowest BCUT2D eigenvalue weighted by molar-refractivity contribution is -0.137. The van der Waals surface area contributed by atoms with Crippen molar-refractivity contribution < 1.29 is 22.7 Å². The zero-order chi connectivity index (χ0) is 17.3. The fraction of sp³-hybridized carbons (Fsp3) is 0.250. The maximum Gasteiger partial charge on any atom is 0.416 e. The van der Waals surface area contributed by atoms with Crippen LogP contribution >= 0.6 is 15.9 Å². The molecule has 24 heavy (non-hydrogen) atoms. The van der Waals surface area contributed by atoms with Crippen molar-refractivity contribution in [3.05, 3.63) is 53.3 Å². The Morgan fingerprint density at radius 1 is 1.29 bits per heavy atom. The molecule has 4 nitrogen and oxygen atoms in total. The van der Waals surface area contributed by atoms with E-state index in [0.717, 1.165) is 12.1 Å². The lowest BCUT2D eigenvalue weighted by Crippen LogP contribution is -2.05. The second-order valence-corrected chi connectivity index (χ2v) is 6.18. The first-order valence-corrected chi connectivity index (χ1v) is 7.82. The predicted molar refractivity (Wildman–Crippen MR) is 85.3 cm³/mol. The number of pyridine rings is 1. The molecule has 0 fully saturated rings. The zero-order valence-corrected chi connectivity index (χ0v) is 14.1. The first-order valence-electron chi connectivity index (χ1n) is 7.03. The fourth-order valence-electron chi connectivity index (χ4n) is 2.18. The number of hydrogen-bond acceptors (Lipinski definition) is 4. The number of nitrogens with zero attached hydrogens (tertiary/aromatic N) is 2. The molecule has 0 saturated carbocycles. The van der Waals surface area contributed by atoms with Gasteiger partial charge in [-0.1, -0.05) is 11.2 Å². The molecule has 1 aliphatic heterocycles. The molecule has 1 aliphatic rings. The molecule has 0 unspecified atom stereocenters. The number of halogens is 4. The van der Waals surface area contributed by atoms with Crippen molar-refractivity contribution in [2.75, 3.05) is 0 Å². The van der Waals surface area contributed by atoms with E-state index in [1.807, 2.05) is 0 Å². The molecule has 8 heteroatoms. The summed E-state index contributed by atoms with van der Waals surface area (Å²) in [6, 6.07) is 6.40. The third kappa shape index (κ3) is 3.69.